The molecule has 0 aliphatic rings. The lowest BCUT2D eigenvalue weighted by molar-refractivity contribution is -0.123. The summed E-state index contributed by atoms with van der Waals surface area (Å²) >= 11 is 0. The van der Waals surface area contributed by atoms with Gasteiger partial charge in [0.2, 0.25) is 0 Å². The summed E-state index contributed by atoms with van der Waals surface area (Å²) in [6.07, 6.45) is -0.993. The zero-order valence-electron chi connectivity index (χ0n) is 16.5. The first-order valence-corrected chi connectivity index (χ1v) is 9.17. The number of aryl methyl sites for hydroxylation is 1. The Bertz CT molecular complexity index is 1090. The predicted molar refractivity (Wildman–Crippen MR) is 110 cm³/mol. The molecule has 0 aliphatic carbocycles. The number of nitrogens with one attached hydrogen (secondary N) is 1. The monoisotopic (exact) mass is 387 g/mol. The van der Waals surface area contributed by atoms with Crippen LogP contribution in [0.2, 0.25) is 0 Å². The highest BCUT2D eigenvalue weighted by molar-refractivity contribution is 5.98. The Hall–Kier alpha value is -3.85. The number of benzene rings is 2. The fourth-order valence-electron chi connectivity index (χ4n) is 3.13. The van der Waals surface area contributed by atoms with E-state index in [2.05, 4.69) is 5.32 Å². The number of anilines is 1. The fraction of sp³-hybridized carbons (Fsp3) is 0.174. The molecule has 1 aromatic heterocycles. The first-order valence-electron chi connectivity index (χ1n) is 9.17. The van der Waals surface area contributed by atoms with E-state index >= 15 is 0 Å². The molecular weight excluding hydrogens is 366 g/mol. The molecule has 0 fully saturated rings. The number of ether oxygens (including phenoxy) is 1. The Balaban J connectivity index is 1.73. The average Bonchev–Trinajstić information content (AvgIpc) is 3.02. The predicted octanol–water partition coefficient (Wildman–Crippen LogP) is 4.15. The molecule has 6 nitrogen and oxygen atoms in total. The molecule has 2 aromatic carbocycles. The maximum absolute atomic E-state index is 12.7. The van der Waals surface area contributed by atoms with Gasteiger partial charge in [0.25, 0.3) is 5.91 Å². The summed E-state index contributed by atoms with van der Waals surface area (Å²) in [7, 11) is 0. The van der Waals surface area contributed by atoms with Gasteiger partial charge in [-0.2, -0.15) is 5.26 Å². The summed E-state index contributed by atoms with van der Waals surface area (Å²) in [6, 6.07) is 20.0. The van der Waals surface area contributed by atoms with E-state index in [0.717, 1.165) is 17.1 Å². The third-order valence-electron chi connectivity index (χ3n) is 4.58. The van der Waals surface area contributed by atoms with Crippen molar-refractivity contribution in [3.63, 3.8) is 0 Å². The first kappa shape index (κ1) is 19.9. The molecule has 29 heavy (non-hydrogen) atoms. The maximum atomic E-state index is 12.7. The van der Waals surface area contributed by atoms with Crippen LogP contribution in [0.15, 0.2) is 60.7 Å². The van der Waals surface area contributed by atoms with Gasteiger partial charge in [0.05, 0.1) is 17.2 Å². The molecule has 0 bridgehead atoms. The van der Waals surface area contributed by atoms with Gasteiger partial charge in [0.1, 0.15) is 0 Å². The van der Waals surface area contributed by atoms with Crippen molar-refractivity contribution in [1.82, 2.24) is 4.57 Å². The molecule has 3 rings (SSSR count). The lowest BCUT2D eigenvalue weighted by Crippen LogP contribution is -2.30. The van der Waals surface area contributed by atoms with Crippen molar-refractivity contribution >= 4 is 17.6 Å². The van der Waals surface area contributed by atoms with Gasteiger partial charge >= 0.3 is 5.97 Å². The number of esters is 1. The maximum Gasteiger partial charge on any atom is 0.340 e. The molecule has 1 atom stereocenters. The number of carbonyl (C=O) groups excluding carboxylic acids is 2. The number of rotatable bonds is 5. The van der Waals surface area contributed by atoms with Crippen LogP contribution in [-0.2, 0) is 9.53 Å². The molecule has 146 valence electrons. The topological polar surface area (TPSA) is 84.1 Å². The minimum atomic E-state index is -0.993. The second-order valence-corrected chi connectivity index (χ2v) is 6.69. The number of hydrogen-bond donors (Lipinski definition) is 1. The minimum absolute atomic E-state index is 0.414. The third kappa shape index (κ3) is 4.36. The van der Waals surface area contributed by atoms with E-state index in [4.69, 9.17) is 10.00 Å². The lowest BCUT2D eigenvalue weighted by atomic mass is 10.2. The minimum Gasteiger partial charge on any atom is -0.449 e. The van der Waals surface area contributed by atoms with E-state index in [1.165, 1.54) is 6.92 Å². The Kier molecular flexibility index (Phi) is 5.79. The standard InChI is InChI=1S/C23H21N3O3/c1-15-12-21(16(2)26(15)20-10-5-4-6-11-20)23(28)29-17(3)22(27)25-19-9-7-8-18(13-19)14-24/h4-13,17H,1-3H3,(H,25,27). The largest absolute Gasteiger partial charge is 0.449 e. The van der Waals surface area contributed by atoms with E-state index in [0.29, 0.717) is 16.8 Å². The molecule has 0 saturated carbocycles. The van der Waals surface area contributed by atoms with Crippen molar-refractivity contribution in [2.24, 2.45) is 0 Å². The summed E-state index contributed by atoms with van der Waals surface area (Å²) in [5.74, 6) is -1.03. The number of carbonyl (C=O) groups is 2. The Labute approximate surface area is 169 Å². The van der Waals surface area contributed by atoms with Crippen LogP contribution in [0.3, 0.4) is 0 Å². The Morgan fingerprint density at radius 2 is 1.79 bits per heavy atom. The number of nitrogens with zero attached hydrogens (tertiary/aromatic N) is 2. The van der Waals surface area contributed by atoms with Crippen LogP contribution in [0.4, 0.5) is 5.69 Å². The fourth-order valence-corrected chi connectivity index (χ4v) is 3.13. The smallest absolute Gasteiger partial charge is 0.340 e. The molecule has 0 saturated heterocycles. The highest BCUT2D eigenvalue weighted by Crippen LogP contribution is 2.22. The van der Waals surface area contributed by atoms with Crippen LogP contribution in [0.5, 0.6) is 0 Å². The summed E-state index contributed by atoms with van der Waals surface area (Å²) in [6.45, 7) is 5.27. The number of para-hydroxylation sites is 1. The quantitative estimate of drug-likeness (QED) is 0.667. The van der Waals surface area contributed by atoms with Crippen LogP contribution in [0, 0.1) is 25.2 Å². The van der Waals surface area contributed by atoms with Crippen molar-refractivity contribution in [2.75, 3.05) is 5.32 Å². The molecule has 1 amide bonds. The SMILES string of the molecule is Cc1cc(C(=O)OC(C)C(=O)Nc2cccc(C#N)c2)c(C)n1-c1ccccc1. The zero-order valence-corrected chi connectivity index (χ0v) is 16.5. The van der Waals surface area contributed by atoms with E-state index < -0.39 is 18.0 Å². The summed E-state index contributed by atoms with van der Waals surface area (Å²) in [5, 5.41) is 11.6. The number of amides is 1. The Morgan fingerprint density at radius 1 is 1.07 bits per heavy atom. The molecule has 1 N–H and O–H groups in total. The van der Waals surface area contributed by atoms with E-state index in [9.17, 15) is 9.59 Å². The highest BCUT2D eigenvalue weighted by Gasteiger charge is 2.23. The molecule has 0 radical (unpaired) electrons. The second kappa shape index (κ2) is 8.44. The third-order valence-corrected chi connectivity index (χ3v) is 4.58. The normalized spacial score (nSPS) is 11.4. The summed E-state index contributed by atoms with van der Waals surface area (Å²) in [4.78, 5) is 25.1. The van der Waals surface area contributed by atoms with Gasteiger partial charge in [0.15, 0.2) is 6.10 Å². The Morgan fingerprint density at radius 3 is 2.48 bits per heavy atom. The first-order chi connectivity index (χ1) is 13.9. The molecule has 0 aliphatic heterocycles. The van der Waals surface area contributed by atoms with Gasteiger partial charge < -0.3 is 14.6 Å². The van der Waals surface area contributed by atoms with Crippen molar-refractivity contribution < 1.29 is 14.3 Å². The van der Waals surface area contributed by atoms with Gasteiger partial charge in [0, 0.05) is 22.8 Å². The molecule has 3 aromatic rings. The zero-order chi connectivity index (χ0) is 21.0. The molecule has 0 spiro atoms. The van der Waals surface area contributed by atoms with Gasteiger partial charge in [-0.05, 0) is 57.2 Å². The molecule has 1 unspecified atom stereocenters. The van der Waals surface area contributed by atoms with Gasteiger partial charge in [-0.15, -0.1) is 0 Å². The van der Waals surface area contributed by atoms with E-state index in [1.807, 2.05) is 54.8 Å². The lowest BCUT2D eigenvalue weighted by Gasteiger charge is -2.14. The summed E-state index contributed by atoms with van der Waals surface area (Å²) < 4.78 is 7.35. The van der Waals surface area contributed by atoms with Crippen molar-refractivity contribution in [3.8, 4) is 11.8 Å². The molecule has 1 heterocycles. The molecule has 6 heteroatoms. The number of hydrogen-bond acceptors (Lipinski definition) is 4. The number of nitriles is 1. The van der Waals surface area contributed by atoms with Gasteiger partial charge in [-0.25, -0.2) is 4.79 Å². The van der Waals surface area contributed by atoms with Crippen LogP contribution >= 0.6 is 0 Å². The second-order valence-electron chi connectivity index (χ2n) is 6.69. The highest BCUT2D eigenvalue weighted by atomic mass is 16.5. The van der Waals surface area contributed by atoms with Crippen LogP contribution in [-0.4, -0.2) is 22.5 Å². The van der Waals surface area contributed by atoms with Crippen LogP contribution < -0.4 is 5.32 Å². The van der Waals surface area contributed by atoms with Crippen molar-refractivity contribution in [2.45, 2.75) is 26.9 Å². The van der Waals surface area contributed by atoms with E-state index in [-0.39, 0.29) is 0 Å². The summed E-state index contributed by atoms with van der Waals surface area (Å²) in [5.41, 5.74) is 3.90. The van der Waals surface area contributed by atoms with Crippen LogP contribution in [0.1, 0.15) is 34.2 Å². The van der Waals surface area contributed by atoms with Crippen molar-refractivity contribution in [3.05, 3.63) is 83.2 Å². The van der Waals surface area contributed by atoms with Gasteiger partial charge in [-0.1, -0.05) is 24.3 Å². The van der Waals surface area contributed by atoms with Crippen molar-refractivity contribution in [1.29, 1.82) is 5.26 Å². The van der Waals surface area contributed by atoms with Gasteiger partial charge in [-0.3, -0.25) is 4.79 Å². The average molecular weight is 387 g/mol. The molecular formula is C23H21N3O3. The van der Waals surface area contributed by atoms with E-state index in [1.54, 1.807) is 30.3 Å². The van der Waals surface area contributed by atoms with Crippen LogP contribution in [0.25, 0.3) is 5.69 Å². The number of aromatic nitrogens is 1.